The van der Waals surface area contributed by atoms with Gasteiger partial charge < -0.3 is 24.1 Å². The Morgan fingerprint density at radius 3 is 1.75 bits per heavy atom. The molecule has 0 aromatic rings. The van der Waals surface area contributed by atoms with E-state index in [-0.39, 0.29) is 19.0 Å². The Bertz CT molecular complexity index is 540. The summed E-state index contributed by atoms with van der Waals surface area (Å²) in [6, 6.07) is 0. The summed E-state index contributed by atoms with van der Waals surface area (Å²) < 4.78 is 21.1. The number of carbonyl (C=O) groups is 4. The average Bonchev–Trinajstić information content (AvgIpc) is 3.07. The normalized spacial score (nSPS) is 28.9. The molecule has 130 valence electrons. The molecule has 9 nitrogen and oxygen atoms in total. The van der Waals surface area contributed by atoms with Gasteiger partial charge in [0.15, 0.2) is 18.0 Å². The minimum atomic E-state index is -1.27. The Kier molecular flexibility index (Phi) is 5.83. The highest BCUT2D eigenvalue weighted by Gasteiger charge is 2.50. The highest BCUT2D eigenvalue weighted by atomic mass is 16.7. The van der Waals surface area contributed by atoms with Crippen molar-refractivity contribution >= 4 is 23.7 Å². The van der Waals surface area contributed by atoms with Crippen molar-refractivity contribution in [2.75, 3.05) is 13.2 Å². The Labute approximate surface area is 136 Å². The maximum Gasteiger partial charge on any atom is 0.331 e. The third-order valence-corrected chi connectivity index (χ3v) is 3.31. The van der Waals surface area contributed by atoms with E-state index in [1.807, 2.05) is 0 Å². The molecule has 0 radical (unpaired) electrons. The van der Waals surface area contributed by atoms with Crippen LogP contribution in [0.25, 0.3) is 0 Å². The van der Waals surface area contributed by atoms with Gasteiger partial charge in [-0.1, -0.05) is 0 Å². The Hall–Kier alpha value is -2.52. The maximum atomic E-state index is 11.6. The van der Waals surface area contributed by atoms with Crippen molar-refractivity contribution < 1.29 is 43.2 Å². The molecule has 9 heteroatoms. The number of hydrogen-bond donors (Lipinski definition) is 1. The van der Waals surface area contributed by atoms with E-state index in [2.05, 4.69) is 0 Å². The number of fused-ring (bicyclic) bond motifs is 1. The molecule has 0 amide bonds. The molecule has 1 N–H and O–H groups in total. The summed E-state index contributed by atoms with van der Waals surface area (Å²) in [6.07, 6.45) is 0.937. The number of allylic oxidation sites excluding steroid dienone is 1. The maximum absolute atomic E-state index is 11.6. The van der Waals surface area contributed by atoms with E-state index < -0.39 is 42.3 Å². The van der Waals surface area contributed by atoms with Gasteiger partial charge in [0.2, 0.25) is 0 Å². The van der Waals surface area contributed by atoms with Crippen LogP contribution >= 0.6 is 0 Å². The lowest BCUT2D eigenvalue weighted by Crippen LogP contribution is -2.35. The fourth-order valence-corrected chi connectivity index (χ4v) is 2.33. The van der Waals surface area contributed by atoms with Gasteiger partial charge >= 0.3 is 17.9 Å². The van der Waals surface area contributed by atoms with Crippen molar-refractivity contribution in [3.63, 3.8) is 0 Å². The van der Waals surface area contributed by atoms with Crippen LogP contribution in [0.5, 0.6) is 0 Å². The van der Waals surface area contributed by atoms with Gasteiger partial charge in [0.1, 0.15) is 12.2 Å². The number of ether oxygens (including phenoxy) is 4. The van der Waals surface area contributed by atoms with Crippen molar-refractivity contribution in [3.8, 4) is 0 Å². The molecule has 2 saturated heterocycles. The first-order chi connectivity index (χ1) is 11.4. The molecular formula is C15H16O9. The van der Waals surface area contributed by atoms with E-state index in [1.165, 1.54) is 6.92 Å². The zero-order valence-electron chi connectivity index (χ0n) is 12.7. The lowest BCUT2D eigenvalue weighted by molar-refractivity contribution is -0.149. The third kappa shape index (κ3) is 4.74. The largest absolute Gasteiger partial charge is 0.478 e. The molecule has 24 heavy (non-hydrogen) atoms. The molecule has 2 aliphatic rings. The van der Waals surface area contributed by atoms with E-state index >= 15 is 0 Å². The van der Waals surface area contributed by atoms with Crippen molar-refractivity contribution in [2.24, 2.45) is 0 Å². The molecule has 0 bridgehead atoms. The monoisotopic (exact) mass is 340 g/mol. The molecule has 2 rings (SSSR count). The Morgan fingerprint density at radius 2 is 1.33 bits per heavy atom. The summed E-state index contributed by atoms with van der Waals surface area (Å²) in [5, 5.41) is 8.45. The van der Waals surface area contributed by atoms with Crippen LogP contribution in [-0.4, -0.2) is 66.4 Å². The zero-order valence-corrected chi connectivity index (χ0v) is 12.7. The van der Waals surface area contributed by atoms with Gasteiger partial charge in [0, 0.05) is 18.2 Å². The van der Waals surface area contributed by atoms with Crippen LogP contribution < -0.4 is 0 Å². The van der Waals surface area contributed by atoms with E-state index in [0.29, 0.717) is 6.08 Å². The lowest BCUT2D eigenvalue weighted by Gasteiger charge is -2.16. The number of rotatable bonds is 6. The predicted molar refractivity (Wildman–Crippen MR) is 75.8 cm³/mol. The van der Waals surface area contributed by atoms with E-state index in [4.69, 9.17) is 24.1 Å². The summed E-state index contributed by atoms with van der Waals surface area (Å²) >= 11 is 0. The predicted octanol–water partition coefficient (Wildman–Crippen LogP) is -0.606. The van der Waals surface area contributed by atoms with Crippen molar-refractivity contribution in [1.82, 2.24) is 0 Å². The summed E-state index contributed by atoms with van der Waals surface area (Å²) in [4.78, 5) is 44.2. The molecule has 0 spiro atoms. The molecule has 0 unspecified atom stereocenters. The van der Waals surface area contributed by atoms with Gasteiger partial charge in [-0.15, -0.1) is 0 Å². The van der Waals surface area contributed by atoms with Crippen molar-refractivity contribution in [3.05, 3.63) is 24.3 Å². The number of hydrogen-bond acceptors (Lipinski definition) is 8. The van der Waals surface area contributed by atoms with E-state index in [0.717, 1.165) is 18.2 Å². The van der Waals surface area contributed by atoms with E-state index in [1.54, 1.807) is 0 Å². The van der Waals surface area contributed by atoms with Gasteiger partial charge in [-0.3, -0.25) is 4.79 Å². The van der Waals surface area contributed by atoms with Gasteiger partial charge in [0.05, 0.1) is 13.2 Å². The van der Waals surface area contributed by atoms with Gasteiger partial charge in [-0.2, -0.15) is 0 Å². The molecule has 0 saturated carbocycles. The minimum Gasteiger partial charge on any atom is -0.478 e. The molecule has 0 aromatic carbocycles. The van der Waals surface area contributed by atoms with Crippen LogP contribution in [0, 0.1) is 0 Å². The van der Waals surface area contributed by atoms with Crippen LogP contribution in [0.4, 0.5) is 0 Å². The first-order valence-electron chi connectivity index (χ1n) is 7.11. The molecule has 0 aliphatic carbocycles. The summed E-state index contributed by atoms with van der Waals surface area (Å²) in [6.45, 7) is 1.41. The second-order valence-corrected chi connectivity index (χ2v) is 5.16. The average molecular weight is 340 g/mol. The number of esters is 2. The summed E-state index contributed by atoms with van der Waals surface area (Å²) in [5.41, 5.74) is 0. The number of carbonyl (C=O) groups excluding carboxylic acids is 3. The minimum absolute atomic E-state index is 0.0410. The molecule has 0 aromatic heterocycles. The first kappa shape index (κ1) is 17.8. The van der Waals surface area contributed by atoms with E-state index in [9.17, 15) is 19.2 Å². The van der Waals surface area contributed by atoms with Crippen LogP contribution in [-0.2, 0) is 38.1 Å². The number of ketones is 1. The Morgan fingerprint density at radius 1 is 0.875 bits per heavy atom. The first-order valence-corrected chi connectivity index (χ1v) is 7.11. The fourth-order valence-electron chi connectivity index (χ4n) is 2.33. The quantitative estimate of drug-likeness (QED) is 0.498. The second-order valence-electron chi connectivity index (χ2n) is 5.16. The van der Waals surface area contributed by atoms with Crippen LogP contribution in [0.15, 0.2) is 24.3 Å². The Balaban J connectivity index is 1.87. The lowest BCUT2D eigenvalue weighted by atomic mass is 10.1. The fraction of sp³-hybridized carbons (Fsp3) is 0.467. The molecule has 2 heterocycles. The number of carboxylic acids is 1. The number of aliphatic carboxylic acids is 1. The van der Waals surface area contributed by atoms with Gasteiger partial charge in [0.25, 0.3) is 0 Å². The summed E-state index contributed by atoms with van der Waals surface area (Å²) in [5.74, 6) is -3.09. The van der Waals surface area contributed by atoms with Crippen molar-refractivity contribution in [1.29, 1.82) is 0 Å². The smallest absolute Gasteiger partial charge is 0.331 e. The van der Waals surface area contributed by atoms with Crippen LogP contribution in [0.1, 0.15) is 6.92 Å². The highest BCUT2D eigenvalue weighted by Crippen LogP contribution is 2.30. The molecular weight excluding hydrogens is 324 g/mol. The third-order valence-electron chi connectivity index (χ3n) is 3.31. The molecule has 4 atom stereocenters. The molecule has 2 fully saturated rings. The molecule has 2 aliphatic heterocycles. The van der Waals surface area contributed by atoms with Crippen LogP contribution in [0.2, 0.25) is 0 Å². The second kappa shape index (κ2) is 7.84. The van der Waals surface area contributed by atoms with Gasteiger partial charge in [-0.25, -0.2) is 14.4 Å². The SMILES string of the molecule is CC(=O)/C=C/C(=O)O[C@H]1CO[C@H]2[C@@H]1OC[C@H]2OC(=O)/C=C\C(=O)O. The summed E-state index contributed by atoms with van der Waals surface area (Å²) in [7, 11) is 0. The van der Waals surface area contributed by atoms with Crippen LogP contribution in [0.3, 0.4) is 0 Å². The van der Waals surface area contributed by atoms with Gasteiger partial charge in [-0.05, 0) is 13.0 Å². The number of carboxylic acid groups (broad SMARTS) is 1. The van der Waals surface area contributed by atoms with Crippen molar-refractivity contribution in [2.45, 2.75) is 31.3 Å². The standard InChI is InChI=1S/C15H16O9/c1-8(16)2-4-12(19)23-9-6-21-15-10(7-22-14(9)15)24-13(20)5-3-11(17)18/h2-5,9-10,14-15H,6-7H2,1H3,(H,17,18)/b4-2+,5-3-/t9-,10+,14+,15+/m0/s1. The highest BCUT2D eigenvalue weighted by molar-refractivity contribution is 5.94. The topological polar surface area (TPSA) is 125 Å². The zero-order chi connectivity index (χ0) is 17.7.